The standard InChI is InChI=1S/C10H12N2O/c1-12-6-9(11)8-4-3-7(13-2)5-10(8)12/h3-6H,11H2,1-2H3. The second-order valence-corrected chi connectivity index (χ2v) is 3.08. The molecule has 0 bridgehead atoms. The summed E-state index contributed by atoms with van der Waals surface area (Å²) in [4.78, 5) is 0. The first kappa shape index (κ1) is 7.98. The maximum Gasteiger partial charge on any atom is 0.120 e. The largest absolute Gasteiger partial charge is 0.497 e. The maximum absolute atomic E-state index is 5.81. The van der Waals surface area contributed by atoms with Crippen LogP contribution >= 0.6 is 0 Å². The molecule has 0 fully saturated rings. The van der Waals surface area contributed by atoms with Crippen molar-refractivity contribution < 1.29 is 4.74 Å². The maximum atomic E-state index is 5.81. The molecule has 0 aliphatic carbocycles. The highest BCUT2D eigenvalue weighted by Gasteiger charge is 2.03. The Morgan fingerprint density at radius 3 is 2.85 bits per heavy atom. The molecule has 0 saturated carbocycles. The van der Waals surface area contributed by atoms with Crippen molar-refractivity contribution in [3.63, 3.8) is 0 Å². The Balaban J connectivity index is 2.76. The number of benzene rings is 1. The number of nitrogens with zero attached hydrogens (tertiary/aromatic N) is 1. The lowest BCUT2D eigenvalue weighted by atomic mass is 10.2. The molecule has 0 spiro atoms. The van der Waals surface area contributed by atoms with Gasteiger partial charge in [0.25, 0.3) is 0 Å². The van der Waals surface area contributed by atoms with E-state index in [0.29, 0.717) is 0 Å². The van der Waals surface area contributed by atoms with Crippen molar-refractivity contribution in [2.24, 2.45) is 7.05 Å². The van der Waals surface area contributed by atoms with Gasteiger partial charge in [0.05, 0.1) is 18.3 Å². The van der Waals surface area contributed by atoms with Crippen LogP contribution in [0.4, 0.5) is 5.69 Å². The molecule has 1 aromatic heterocycles. The molecule has 0 saturated heterocycles. The van der Waals surface area contributed by atoms with E-state index in [1.54, 1.807) is 7.11 Å². The van der Waals surface area contributed by atoms with Crippen LogP contribution in [0.15, 0.2) is 24.4 Å². The fraction of sp³-hybridized carbons (Fsp3) is 0.200. The van der Waals surface area contributed by atoms with E-state index in [1.165, 1.54) is 0 Å². The van der Waals surface area contributed by atoms with Gasteiger partial charge in [0, 0.05) is 24.7 Å². The molecule has 1 heterocycles. The van der Waals surface area contributed by atoms with Crippen molar-refractivity contribution in [1.82, 2.24) is 4.57 Å². The predicted octanol–water partition coefficient (Wildman–Crippen LogP) is 1.77. The number of fused-ring (bicyclic) bond motifs is 1. The minimum Gasteiger partial charge on any atom is -0.497 e. The SMILES string of the molecule is COc1ccc2c(N)cn(C)c2c1. The number of nitrogen functional groups attached to an aromatic ring is 1. The smallest absolute Gasteiger partial charge is 0.120 e. The Morgan fingerprint density at radius 2 is 2.15 bits per heavy atom. The van der Waals surface area contributed by atoms with Gasteiger partial charge in [-0.2, -0.15) is 0 Å². The first-order valence-electron chi connectivity index (χ1n) is 4.11. The molecule has 2 rings (SSSR count). The van der Waals surface area contributed by atoms with Crippen LogP contribution in [0.25, 0.3) is 10.9 Å². The fourth-order valence-electron chi connectivity index (χ4n) is 1.52. The molecule has 1 aromatic carbocycles. The summed E-state index contributed by atoms with van der Waals surface area (Å²) in [5.74, 6) is 0.855. The molecule has 0 unspecified atom stereocenters. The molecule has 0 radical (unpaired) electrons. The third-order valence-electron chi connectivity index (χ3n) is 2.23. The van der Waals surface area contributed by atoms with Crippen molar-refractivity contribution >= 4 is 16.6 Å². The Morgan fingerprint density at radius 1 is 1.38 bits per heavy atom. The van der Waals surface area contributed by atoms with Crippen LogP contribution in [0.3, 0.4) is 0 Å². The summed E-state index contributed by atoms with van der Waals surface area (Å²) in [5.41, 5.74) is 7.71. The number of aromatic nitrogens is 1. The molecule has 2 aromatic rings. The van der Waals surface area contributed by atoms with E-state index < -0.39 is 0 Å². The van der Waals surface area contributed by atoms with Gasteiger partial charge in [0.2, 0.25) is 0 Å². The molecular weight excluding hydrogens is 164 g/mol. The summed E-state index contributed by atoms with van der Waals surface area (Å²) < 4.78 is 7.13. The lowest BCUT2D eigenvalue weighted by molar-refractivity contribution is 0.415. The van der Waals surface area contributed by atoms with E-state index in [0.717, 1.165) is 22.3 Å². The first-order chi connectivity index (χ1) is 6.22. The molecule has 3 nitrogen and oxygen atoms in total. The van der Waals surface area contributed by atoms with Crippen molar-refractivity contribution in [3.8, 4) is 5.75 Å². The van der Waals surface area contributed by atoms with Gasteiger partial charge in [-0.25, -0.2) is 0 Å². The zero-order valence-corrected chi connectivity index (χ0v) is 7.74. The summed E-state index contributed by atoms with van der Waals surface area (Å²) in [6, 6.07) is 5.87. The second-order valence-electron chi connectivity index (χ2n) is 3.08. The number of hydrogen-bond acceptors (Lipinski definition) is 2. The average molecular weight is 176 g/mol. The summed E-state index contributed by atoms with van der Waals surface area (Å²) in [7, 11) is 3.63. The lowest BCUT2D eigenvalue weighted by Gasteiger charge is -2.00. The highest BCUT2D eigenvalue weighted by molar-refractivity contribution is 5.92. The Kier molecular flexibility index (Phi) is 1.65. The van der Waals surface area contributed by atoms with Gasteiger partial charge < -0.3 is 15.0 Å². The van der Waals surface area contributed by atoms with Gasteiger partial charge in [-0.1, -0.05) is 0 Å². The minimum atomic E-state index is 0.806. The topological polar surface area (TPSA) is 40.2 Å². The van der Waals surface area contributed by atoms with E-state index in [2.05, 4.69) is 0 Å². The Hall–Kier alpha value is -1.64. The molecule has 0 aliphatic heterocycles. The normalized spacial score (nSPS) is 10.6. The van der Waals surface area contributed by atoms with Crippen LogP contribution in [0.1, 0.15) is 0 Å². The lowest BCUT2D eigenvalue weighted by Crippen LogP contribution is -1.86. The Bertz CT molecular complexity index is 445. The molecule has 0 atom stereocenters. The van der Waals surface area contributed by atoms with Crippen molar-refractivity contribution in [1.29, 1.82) is 0 Å². The number of methoxy groups -OCH3 is 1. The van der Waals surface area contributed by atoms with Crippen LogP contribution in [-0.4, -0.2) is 11.7 Å². The number of ether oxygens (including phenoxy) is 1. The summed E-state index contributed by atoms with van der Waals surface area (Å²) in [5, 5.41) is 1.07. The molecule has 0 amide bonds. The van der Waals surface area contributed by atoms with Gasteiger partial charge in [0.1, 0.15) is 5.75 Å². The zero-order valence-electron chi connectivity index (χ0n) is 7.74. The third kappa shape index (κ3) is 1.13. The number of anilines is 1. The second kappa shape index (κ2) is 2.69. The number of nitrogens with two attached hydrogens (primary N) is 1. The number of aryl methyl sites for hydroxylation is 1. The van der Waals surface area contributed by atoms with Crippen molar-refractivity contribution in [2.45, 2.75) is 0 Å². The van der Waals surface area contributed by atoms with Crippen LogP contribution < -0.4 is 10.5 Å². The highest BCUT2D eigenvalue weighted by Crippen LogP contribution is 2.26. The minimum absolute atomic E-state index is 0.806. The van der Waals surface area contributed by atoms with E-state index >= 15 is 0 Å². The highest BCUT2D eigenvalue weighted by atomic mass is 16.5. The molecule has 2 N–H and O–H groups in total. The van der Waals surface area contributed by atoms with Crippen LogP contribution in [0.5, 0.6) is 5.75 Å². The van der Waals surface area contributed by atoms with Gasteiger partial charge >= 0.3 is 0 Å². The van der Waals surface area contributed by atoms with E-state index in [-0.39, 0.29) is 0 Å². The molecule has 13 heavy (non-hydrogen) atoms. The number of rotatable bonds is 1. The van der Waals surface area contributed by atoms with Crippen LogP contribution in [-0.2, 0) is 7.05 Å². The van der Waals surface area contributed by atoms with Gasteiger partial charge in [-0.15, -0.1) is 0 Å². The van der Waals surface area contributed by atoms with E-state index in [1.807, 2.05) is 36.0 Å². The Labute approximate surface area is 76.7 Å². The van der Waals surface area contributed by atoms with Gasteiger partial charge in [-0.05, 0) is 12.1 Å². The zero-order chi connectivity index (χ0) is 9.42. The fourth-order valence-corrected chi connectivity index (χ4v) is 1.52. The van der Waals surface area contributed by atoms with Gasteiger partial charge in [0.15, 0.2) is 0 Å². The summed E-state index contributed by atoms with van der Waals surface area (Å²) in [6.07, 6.45) is 1.91. The monoisotopic (exact) mass is 176 g/mol. The van der Waals surface area contributed by atoms with E-state index in [4.69, 9.17) is 10.5 Å². The van der Waals surface area contributed by atoms with Crippen molar-refractivity contribution in [2.75, 3.05) is 12.8 Å². The average Bonchev–Trinajstić information content (AvgIpc) is 2.42. The molecule has 0 aliphatic rings. The molecule has 3 heteroatoms. The van der Waals surface area contributed by atoms with Crippen LogP contribution in [0, 0.1) is 0 Å². The number of hydrogen-bond donors (Lipinski definition) is 1. The van der Waals surface area contributed by atoms with Gasteiger partial charge in [-0.3, -0.25) is 0 Å². The quantitative estimate of drug-likeness (QED) is 0.719. The van der Waals surface area contributed by atoms with Crippen LogP contribution in [0.2, 0.25) is 0 Å². The third-order valence-corrected chi connectivity index (χ3v) is 2.23. The van der Waals surface area contributed by atoms with Crippen molar-refractivity contribution in [3.05, 3.63) is 24.4 Å². The van der Waals surface area contributed by atoms with E-state index in [9.17, 15) is 0 Å². The summed E-state index contributed by atoms with van der Waals surface area (Å²) >= 11 is 0. The predicted molar refractivity (Wildman–Crippen MR) is 53.9 cm³/mol. The molecular formula is C10H12N2O. The first-order valence-corrected chi connectivity index (χ1v) is 4.11. The summed E-state index contributed by atoms with van der Waals surface area (Å²) in [6.45, 7) is 0. The molecule has 68 valence electrons.